The van der Waals surface area contributed by atoms with E-state index in [0.717, 1.165) is 25.2 Å². The molecule has 0 aromatic heterocycles. The van der Waals surface area contributed by atoms with Crippen molar-refractivity contribution in [2.24, 2.45) is 5.92 Å². The van der Waals surface area contributed by atoms with Crippen molar-refractivity contribution in [2.75, 3.05) is 6.61 Å². The molecular weight excluding hydrogens is 224 g/mol. The van der Waals surface area contributed by atoms with Crippen LogP contribution in [0.25, 0.3) is 0 Å². The maximum Gasteiger partial charge on any atom is 0.140 e. The first kappa shape index (κ1) is 12.9. The van der Waals surface area contributed by atoms with E-state index in [1.165, 1.54) is 5.57 Å². The van der Waals surface area contributed by atoms with Gasteiger partial charge in [-0.2, -0.15) is 0 Å². The van der Waals surface area contributed by atoms with E-state index in [4.69, 9.17) is 4.74 Å². The number of carbonyl (C=O) groups excluding carboxylic acids is 1. The fourth-order valence-electron chi connectivity index (χ4n) is 2.12. The Kier molecular flexibility index (Phi) is 4.57. The summed E-state index contributed by atoms with van der Waals surface area (Å²) in [6, 6.07) is 9.90. The van der Waals surface area contributed by atoms with Gasteiger partial charge in [0.25, 0.3) is 0 Å². The van der Waals surface area contributed by atoms with Crippen LogP contribution in [0.15, 0.2) is 42.0 Å². The van der Waals surface area contributed by atoms with Gasteiger partial charge >= 0.3 is 0 Å². The molecule has 0 unspecified atom stereocenters. The lowest BCUT2D eigenvalue weighted by atomic mass is 10.0. The highest BCUT2D eigenvalue weighted by molar-refractivity contribution is 5.85. The lowest BCUT2D eigenvalue weighted by Crippen LogP contribution is -2.08. The number of para-hydroxylation sites is 1. The molecule has 2 nitrogen and oxygen atoms in total. The number of hydrogen-bond acceptors (Lipinski definition) is 2. The molecule has 0 fully saturated rings. The number of ether oxygens (including phenoxy) is 1. The highest BCUT2D eigenvalue weighted by Crippen LogP contribution is 2.22. The summed E-state index contributed by atoms with van der Waals surface area (Å²) < 4.78 is 5.72. The average molecular weight is 244 g/mol. The van der Waals surface area contributed by atoms with Crippen LogP contribution >= 0.6 is 0 Å². The Balaban J connectivity index is 1.66. The Hall–Kier alpha value is -1.57. The molecule has 1 aliphatic carbocycles. The number of carbonyl (C=O) groups is 1. The van der Waals surface area contributed by atoms with E-state index < -0.39 is 0 Å². The summed E-state index contributed by atoms with van der Waals surface area (Å²) >= 11 is 0. The zero-order valence-electron chi connectivity index (χ0n) is 10.9. The Morgan fingerprint density at radius 1 is 1.28 bits per heavy atom. The van der Waals surface area contributed by atoms with Crippen molar-refractivity contribution < 1.29 is 9.53 Å². The molecule has 1 aliphatic rings. The zero-order chi connectivity index (χ0) is 12.8. The van der Waals surface area contributed by atoms with Crippen molar-refractivity contribution in [3.63, 3.8) is 0 Å². The molecular formula is C16H20O2. The van der Waals surface area contributed by atoms with E-state index in [-0.39, 0.29) is 0 Å². The summed E-state index contributed by atoms with van der Waals surface area (Å²) in [7, 11) is 0. The highest BCUT2D eigenvalue weighted by atomic mass is 16.5. The number of rotatable bonds is 6. The lowest BCUT2D eigenvalue weighted by molar-refractivity contribution is -0.117. The van der Waals surface area contributed by atoms with Gasteiger partial charge in [-0.15, -0.1) is 0 Å². The maximum atomic E-state index is 11.1. The number of ketones is 1. The van der Waals surface area contributed by atoms with Gasteiger partial charge in [0, 0.05) is 12.8 Å². The Labute approximate surface area is 109 Å². The van der Waals surface area contributed by atoms with Crippen LogP contribution in [-0.4, -0.2) is 12.4 Å². The monoisotopic (exact) mass is 244 g/mol. The molecule has 0 radical (unpaired) electrons. The molecule has 2 heteroatoms. The van der Waals surface area contributed by atoms with E-state index >= 15 is 0 Å². The van der Waals surface area contributed by atoms with Crippen LogP contribution in [0.4, 0.5) is 0 Å². The Morgan fingerprint density at radius 3 is 2.72 bits per heavy atom. The van der Waals surface area contributed by atoms with Crippen molar-refractivity contribution in [3.05, 3.63) is 42.0 Å². The Morgan fingerprint density at radius 2 is 2.06 bits per heavy atom. The third-order valence-electron chi connectivity index (χ3n) is 3.28. The standard InChI is InChI=1S/C16H20O2/c1-13(7-8-14-9-10-15(17)11-14)12-18-16-5-3-2-4-6-16/h2-6,9,13H,7-8,10-12H2,1H3/t13-/m1/s1. The molecule has 0 spiro atoms. The summed E-state index contributed by atoms with van der Waals surface area (Å²) in [5.41, 5.74) is 1.31. The topological polar surface area (TPSA) is 26.3 Å². The lowest BCUT2D eigenvalue weighted by Gasteiger charge is -2.13. The number of Topliss-reactive ketones (excluding diaryl/α,β-unsaturated/α-hetero) is 1. The van der Waals surface area contributed by atoms with E-state index in [1.54, 1.807) is 0 Å². The minimum Gasteiger partial charge on any atom is -0.493 e. The van der Waals surface area contributed by atoms with Gasteiger partial charge in [-0.1, -0.05) is 36.8 Å². The van der Waals surface area contributed by atoms with E-state index in [9.17, 15) is 4.79 Å². The first-order valence-corrected chi connectivity index (χ1v) is 6.61. The minimum atomic E-state index is 0.359. The highest BCUT2D eigenvalue weighted by Gasteiger charge is 2.13. The minimum absolute atomic E-state index is 0.359. The SMILES string of the molecule is C[C@H](CCC1=CCC(=O)C1)COc1ccccc1. The largest absolute Gasteiger partial charge is 0.493 e. The maximum absolute atomic E-state index is 11.1. The van der Waals surface area contributed by atoms with Gasteiger partial charge in [0.05, 0.1) is 6.61 Å². The van der Waals surface area contributed by atoms with E-state index in [1.807, 2.05) is 30.3 Å². The Bertz CT molecular complexity index is 420. The summed E-state index contributed by atoms with van der Waals surface area (Å²) in [6.07, 6.45) is 5.53. The first-order chi connectivity index (χ1) is 8.74. The van der Waals surface area contributed by atoms with Crippen LogP contribution in [0, 0.1) is 5.92 Å². The zero-order valence-corrected chi connectivity index (χ0v) is 10.9. The predicted octanol–water partition coefficient (Wildman–Crippen LogP) is 3.77. The predicted molar refractivity (Wildman–Crippen MR) is 72.7 cm³/mol. The molecule has 1 atom stereocenters. The quantitative estimate of drug-likeness (QED) is 0.712. The van der Waals surface area contributed by atoms with Gasteiger partial charge in [-0.05, 0) is 30.9 Å². The van der Waals surface area contributed by atoms with Crippen molar-refractivity contribution in [1.82, 2.24) is 0 Å². The first-order valence-electron chi connectivity index (χ1n) is 6.61. The third-order valence-corrected chi connectivity index (χ3v) is 3.28. The molecule has 0 amide bonds. The van der Waals surface area contributed by atoms with Gasteiger partial charge < -0.3 is 4.74 Å². The summed E-state index contributed by atoms with van der Waals surface area (Å²) in [6.45, 7) is 2.94. The number of allylic oxidation sites excluding steroid dienone is 2. The van der Waals surface area contributed by atoms with Gasteiger partial charge in [-0.25, -0.2) is 0 Å². The fourth-order valence-corrected chi connectivity index (χ4v) is 2.12. The van der Waals surface area contributed by atoms with Gasteiger partial charge in [0.15, 0.2) is 0 Å². The second-order valence-electron chi connectivity index (χ2n) is 5.05. The van der Waals surface area contributed by atoms with Gasteiger partial charge in [0.2, 0.25) is 0 Å². The molecule has 0 N–H and O–H groups in total. The van der Waals surface area contributed by atoms with Gasteiger partial charge in [0.1, 0.15) is 11.5 Å². The van der Waals surface area contributed by atoms with Crippen molar-refractivity contribution in [1.29, 1.82) is 0 Å². The van der Waals surface area contributed by atoms with Crippen molar-refractivity contribution in [3.8, 4) is 5.75 Å². The molecule has 0 heterocycles. The normalized spacial score (nSPS) is 16.5. The summed E-state index contributed by atoms with van der Waals surface area (Å²) in [5, 5.41) is 0. The molecule has 0 saturated carbocycles. The van der Waals surface area contributed by atoms with E-state index in [0.29, 0.717) is 24.5 Å². The summed E-state index contributed by atoms with van der Waals surface area (Å²) in [4.78, 5) is 11.1. The smallest absolute Gasteiger partial charge is 0.140 e. The van der Waals surface area contributed by atoms with Gasteiger partial charge in [-0.3, -0.25) is 4.79 Å². The molecule has 2 rings (SSSR count). The van der Waals surface area contributed by atoms with Crippen LogP contribution in [0.3, 0.4) is 0 Å². The average Bonchev–Trinajstić information content (AvgIpc) is 2.81. The molecule has 0 bridgehead atoms. The number of hydrogen-bond donors (Lipinski definition) is 0. The summed E-state index contributed by atoms with van der Waals surface area (Å²) in [5.74, 6) is 1.81. The second-order valence-corrected chi connectivity index (χ2v) is 5.05. The van der Waals surface area contributed by atoms with Crippen LogP contribution in [0.1, 0.15) is 32.6 Å². The molecule has 1 aromatic carbocycles. The number of benzene rings is 1. The van der Waals surface area contributed by atoms with Crippen LogP contribution in [0.5, 0.6) is 5.75 Å². The molecule has 18 heavy (non-hydrogen) atoms. The third kappa shape index (κ3) is 4.02. The molecule has 1 aromatic rings. The van der Waals surface area contributed by atoms with E-state index in [2.05, 4.69) is 13.0 Å². The molecule has 96 valence electrons. The van der Waals surface area contributed by atoms with Crippen LogP contribution in [0.2, 0.25) is 0 Å². The molecule has 0 saturated heterocycles. The van der Waals surface area contributed by atoms with Crippen LogP contribution < -0.4 is 4.74 Å². The van der Waals surface area contributed by atoms with Crippen molar-refractivity contribution >= 4 is 5.78 Å². The van der Waals surface area contributed by atoms with Crippen LogP contribution in [-0.2, 0) is 4.79 Å². The second kappa shape index (κ2) is 6.39. The molecule has 0 aliphatic heterocycles. The fraction of sp³-hybridized carbons (Fsp3) is 0.438. The van der Waals surface area contributed by atoms with Crippen molar-refractivity contribution in [2.45, 2.75) is 32.6 Å².